The van der Waals surface area contributed by atoms with Crippen molar-refractivity contribution in [1.82, 2.24) is 0 Å². The number of halogens is 4. The Labute approximate surface area is 144 Å². The van der Waals surface area contributed by atoms with Gasteiger partial charge in [0.1, 0.15) is 0 Å². The third kappa shape index (κ3) is 33.5. The van der Waals surface area contributed by atoms with Crippen molar-refractivity contribution in [3.8, 4) is 0 Å². The summed E-state index contributed by atoms with van der Waals surface area (Å²) in [4.78, 5) is 21.0. The first-order valence-corrected chi connectivity index (χ1v) is 21.0. The third-order valence-corrected chi connectivity index (χ3v) is 2.10. The van der Waals surface area contributed by atoms with E-state index in [0.717, 1.165) is 31.4 Å². The summed E-state index contributed by atoms with van der Waals surface area (Å²) in [6.45, 7) is 2.53. The van der Waals surface area contributed by atoms with Crippen molar-refractivity contribution in [2.45, 2.75) is 45.4 Å². The molecule has 0 aromatic rings. The predicted molar refractivity (Wildman–Crippen MR) is 90.3 cm³/mol. The first-order chi connectivity index (χ1) is 9.66. The maximum absolute atomic E-state index is 10.9. The molecule has 0 aromatic carbocycles. The van der Waals surface area contributed by atoms with Crippen LogP contribution in [0.3, 0.4) is 0 Å². The molecule has 0 rings (SSSR count). The van der Waals surface area contributed by atoms with Crippen LogP contribution in [0.1, 0.15) is 45.4 Å². The van der Waals surface area contributed by atoms with Gasteiger partial charge in [-0.2, -0.15) is 0 Å². The number of esters is 1. The number of carboxylic acids is 1. The Balaban J connectivity index is 0. The summed E-state index contributed by atoms with van der Waals surface area (Å²) in [5, 5.41) is 8.26. The van der Waals surface area contributed by atoms with E-state index < -0.39 is 25.8 Å². The minimum atomic E-state index is -3.29. The summed E-state index contributed by atoms with van der Waals surface area (Å²) in [5.41, 5.74) is 0. The van der Waals surface area contributed by atoms with Gasteiger partial charge in [0.05, 0.1) is 6.61 Å². The molecule has 4 nitrogen and oxygen atoms in total. The summed E-state index contributed by atoms with van der Waals surface area (Å²) < 4.78 is 4.81. The fraction of sp³-hybridized carbons (Fsp3) is 0.667. The van der Waals surface area contributed by atoms with E-state index in [1.807, 2.05) is 0 Å². The van der Waals surface area contributed by atoms with Crippen molar-refractivity contribution in [2.75, 3.05) is 6.61 Å². The number of hydrogen-bond acceptors (Lipinski definition) is 3. The fourth-order valence-electron chi connectivity index (χ4n) is 1.24. The molecule has 0 aliphatic rings. The Kier molecular flexibility index (Phi) is 17.7. The van der Waals surface area contributed by atoms with Gasteiger partial charge < -0.3 is 9.84 Å². The second kappa shape index (κ2) is 15.5. The standard InChI is InChI=1S/C12H20O4.4ClH.Sn/c1-2-3-4-5-6-7-10-16-12(15)9-8-11(13)14;;;;;/h8-9H,2-7,10H2,1H3,(H,13,14);4*1H;/q;;;;;+4/p-4/b9-8-;;;;;. The third-order valence-electron chi connectivity index (χ3n) is 2.10. The van der Waals surface area contributed by atoms with E-state index in [2.05, 4.69) is 6.92 Å². The molecule has 0 aromatic heterocycles. The van der Waals surface area contributed by atoms with Crippen LogP contribution in [0, 0.1) is 0 Å². The Bertz CT molecular complexity index is 313. The monoisotopic (exact) mass is 488 g/mol. The Morgan fingerprint density at radius 2 is 1.48 bits per heavy atom. The summed E-state index contributed by atoms with van der Waals surface area (Å²) in [5.74, 6) is -1.73. The molecule has 0 bridgehead atoms. The zero-order chi connectivity index (χ0) is 16.7. The minimum absolute atomic E-state index is 0.370. The van der Waals surface area contributed by atoms with Gasteiger partial charge in [0, 0.05) is 12.2 Å². The first-order valence-electron chi connectivity index (χ1n) is 6.50. The van der Waals surface area contributed by atoms with E-state index in [1.165, 1.54) is 19.3 Å². The van der Waals surface area contributed by atoms with Gasteiger partial charge in [-0.3, -0.25) is 0 Å². The summed E-state index contributed by atoms with van der Waals surface area (Å²) in [7, 11) is 20.1. The van der Waals surface area contributed by atoms with Crippen molar-refractivity contribution >= 4 is 61.5 Å². The molecule has 1 N–H and O–H groups in total. The normalized spacial score (nSPS) is 10.9. The molecule has 9 heteroatoms. The topological polar surface area (TPSA) is 63.6 Å². The van der Waals surface area contributed by atoms with E-state index in [4.69, 9.17) is 45.5 Å². The van der Waals surface area contributed by atoms with Gasteiger partial charge in [0.2, 0.25) is 0 Å². The molecule has 0 saturated heterocycles. The van der Waals surface area contributed by atoms with Crippen molar-refractivity contribution < 1.29 is 19.4 Å². The maximum atomic E-state index is 10.9. The molecule has 0 aliphatic carbocycles. The van der Waals surface area contributed by atoms with E-state index >= 15 is 0 Å². The van der Waals surface area contributed by atoms with Crippen LogP contribution in [0.4, 0.5) is 0 Å². The van der Waals surface area contributed by atoms with Crippen molar-refractivity contribution in [2.24, 2.45) is 0 Å². The Morgan fingerprint density at radius 1 is 1.00 bits per heavy atom. The molecule has 0 saturated carbocycles. The molecular formula is C12H20Cl4O4Sn. The number of rotatable bonds is 9. The predicted octanol–water partition coefficient (Wildman–Crippen LogP) is 4.91. The van der Waals surface area contributed by atoms with Gasteiger partial charge in [0.15, 0.2) is 0 Å². The second-order valence-corrected chi connectivity index (χ2v) is 29.5. The van der Waals surface area contributed by atoms with Crippen LogP contribution in [0.25, 0.3) is 0 Å². The van der Waals surface area contributed by atoms with Crippen LogP contribution >= 0.6 is 35.7 Å². The van der Waals surface area contributed by atoms with Crippen LogP contribution in [0.2, 0.25) is 0 Å². The molecule has 0 spiro atoms. The average molecular weight is 489 g/mol. The molecule has 124 valence electrons. The second-order valence-electron chi connectivity index (χ2n) is 4.04. The fourth-order valence-corrected chi connectivity index (χ4v) is 1.24. The zero-order valence-corrected chi connectivity index (χ0v) is 17.7. The van der Waals surface area contributed by atoms with E-state index in [0.29, 0.717) is 6.61 Å². The van der Waals surface area contributed by atoms with Gasteiger partial charge in [-0.05, 0) is 6.42 Å². The molecule has 0 atom stereocenters. The van der Waals surface area contributed by atoms with Gasteiger partial charge in [-0.25, -0.2) is 9.59 Å². The zero-order valence-electron chi connectivity index (χ0n) is 11.8. The number of hydrogen-bond donors (Lipinski definition) is 1. The van der Waals surface area contributed by atoms with Gasteiger partial charge in [-0.15, -0.1) is 0 Å². The average Bonchev–Trinajstić information content (AvgIpc) is 2.33. The first kappa shape index (κ1) is 23.9. The van der Waals surface area contributed by atoms with Crippen LogP contribution in [-0.4, -0.2) is 37.5 Å². The van der Waals surface area contributed by atoms with Gasteiger partial charge in [-0.1, -0.05) is 39.0 Å². The summed E-state index contributed by atoms with van der Waals surface area (Å²) in [6, 6.07) is 0. The molecule has 0 unspecified atom stereocenters. The molecule has 0 amide bonds. The van der Waals surface area contributed by atoms with Crippen LogP contribution in [-0.2, 0) is 14.3 Å². The number of carbonyl (C=O) groups is 2. The Morgan fingerprint density at radius 3 is 1.95 bits per heavy atom. The molecule has 21 heavy (non-hydrogen) atoms. The van der Waals surface area contributed by atoms with Crippen LogP contribution in [0.15, 0.2) is 12.2 Å². The van der Waals surface area contributed by atoms with Crippen molar-refractivity contribution in [1.29, 1.82) is 0 Å². The molecule has 0 fully saturated rings. The summed E-state index contributed by atoms with van der Waals surface area (Å²) in [6.07, 6.45) is 8.46. The Hall–Kier alpha value is 0.639. The molecule has 0 heterocycles. The molecular weight excluding hydrogens is 469 g/mol. The van der Waals surface area contributed by atoms with Gasteiger partial charge in [0.25, 0.3) is 0 Å². The quantitative estimate of drug-likeness (QED) is 0.217. The molecule has 0 aliphatic heterocycles. The van der Waals surface area contributed by atoms with E-state index in [-0.39, 0.29) is 0 Å². The van der Waals surface area contributed by atoms with Crippen LogP contribution < -0.4 is 0 Å². The van der Waals surface area contributed by atoms with E-state index in [9.17, 15) is 9.59 Å². The van der Waals surface area contributed by atoms with Crippen molar-refractivity contribution in [3.63, 3.8) is 0 Å². The summed E-state index contributed by atoms with van der Waals surface area (Å²) >= 11 is -3.29. The van der Waals surface area contributed by atoms with Gasteiger partial charge >= 0.3 is 61.5 Å². The van der Waals surface area contributed by atoms with Crippen molar-refractivity contribution in [3.05, 3.63) is 12.2 Å². The number of aliphatic carboxylic acids is 1. The molecule has 0 radical (unpaired) electrons. The number of ether oxygens (including phenoxy) is 1. The van der Waals surface area contributed by atoms with Crippen LogP contribution in [0.5, 0.6) is 0 Å². The number of carbonyl (C=O) groups excluding carboxylic acids is 1. The number of unbranched alkanes of at least 4 members (excludes halogenated alkanes) is 5. The SMILES string of the molecule is CCCCCCCCOC(=O)/C=C\C(=O)O.[Cl][Sn]([Cl])([Cl])[Cl]. The van der Waals surface area contributed by atoms with E-state index in [1.54, 1.807) is 0 Å². The number of carboxylic acid groups (broad SMARTS) is 1.